The smallest absolute Gasteiger partial charge is 0.227 e. The highest BCUT2D eigenvalue weighted by Crippen LogP contribution is 2.40. The van der Waals surface area contributed by atoms with Crippen molar-refractivity contribution in [1.29, 1.82) is 10.5 Å². The number of fused-ring (bicyclic) bond motifs is 4. The van der Waals surface area contributed by atoms with Crippen LogP contribution in [-0.4, -0.2) is 9.97 Å². The molecule has 0 radical (unpaired) electrons. The van der Waals surface area contributed by atoms with Crippen molar-refractivity contribution in [3.8, 4) is 46.2 Å². The number of nitrogens with zero attached hydrogens (tertiary/aromatic N) is 5. The molecule has 0 saturated carbocycles. The fourth-order valence-electron chi connectivity index (χ4n) is 7.16. The summed E-state index contributed by atoms with van der Waals surface area (Å²) in [4.78, 5) is 11.5. The van der Waals surface area contributed by atoms with Crippen LogP contribution in [0.1, 0.15) is 12.5 Å². The van der Waals surface area contributed by atoms with Gasteiger partial charge in [-0.1, -0.05) is 60.6 Å². The normalized spacial score (nSPS) is 11.5. The predicted octanol–water partition coefficient (Wildman–Crippen LogP) is 12.5. The van der Waals surface area contributed by atoms with E-state index >= 15 is 0 Å². The standard InChI is InChI=1S/C48H27N5O2/c49-28-36-25-34-6-5-7-41(42(34)27-37(36)29-50)35-13-12-33-26-40(23-18-32(33)24-35)53(38-19-14-30(15-20-38)47-51-43-8-1-3-10-45(43)54-47)39-21-16-31(17-22-39)48-52-44-9-2-4-11-46(44)55-48/h1-27H/i18D. The minimum absolute atomic E-state index is 0.336. The average molecular weight is 707 g/mol. The molecule has 0 aliphatic heterocycles. The van der Waals surface area contributed by atoms with E-state index in [0.717, 1.165) is 83.1 Å². The summed E-state index contributed by atoms with van der Waals surface area (Å²) < 4.78 is 21.4. The molecule has 2 heterocycles. The van der Waals surface area contributed by atoms with Crippen LogP contribution in [-0.2, 0) is 0 Å². The largest absolute Gasteiger partial charge is 0.436 e. The highest BCUT2D eigenvalue weighted by atomic mass is 16.4. The monoisotopic (exact) mass is 706 g/mol. The Bertz CT molecular complexity index is 3060. The lowest BCUT2D eigenvalue weighted by atomic mass is 9.93. The second-order valence-corrected chi connectivity index (χ2v) is 13.2. The summed E-state index contributed by atoms with van der Waals surface area (Å²) in [6, 6.07) is 55.7. The molecule has 0 bridgehead atoms. The van der Waals surface area contributed by atoms with Crippen molar-refractivity contribution in [2.45, 2.75) is 0 Å². The van der Waals surface area contributed by atoms with Crippen molar-refractivity contribution in [1.82, 2.24) is 9.97 Å². The summed E-state index contributed by atoms with van der Waals surface area (Å²) >= 11 is 0. The summed E-state index contributed by atoms with van der Waals surface area (Å²) in [5.41, 5.74) is 9.87. The van der Waals surface area contributed by atoms with Gasteiger partial charge in [-0.25, -0.2) is 9.97 Å². The first-order valence-electron chi connectivity index (χ1n) is 18.2. The summed E-state index contributed by atoms with van der Waals surface area (Å²) in [6.07, 6.45) is 0. The third-order valence-corrected chi connectivity index (χ3v) is 9.89. The van der Waals surface area contributed by atoms with Gasteiger partial charge in [0, 0.05) is 28.2 Å². The lowest BCUT2D eigenvalue weighted by Gasteiger charge is -2.26. The number of aromatic nitrogens is 2. The molecule has 7 nitrogen and oxygen atoms in total. The average Bonchev–Trinajstić information content (AvgIpc) is 3.89. The number of hydrogen-bond donors (Lipinski definition) is 0. The lowest BCUT2D eigenvalue weighted by Crippen LogP contribution is -2.09. The van der Waals surface area contributed by atoms with E-state index < -0.39 is 0 Å². The van der Waals surface area contributed by atoms with Crippen LogP contribution in [0.5, 0.6) is 0 Å². The van der Waals surface area contributed by atoms with Crippen LogP contribution >= 0.6 is 0 Å². The van der Waals surface area contributed by atoms with Crippen LogP contribution < -0.4 is 4.90 Å². The van der Waals surface area contributed by atoms with E-state index in [9.17, 15) is 11.9 Å². The topological polar surface area (TPSA) is 103 Å². The number of oxazole rings is 2. The molecule has 8 aromatic carbocycles. The van der Waals surface area contributed by atoms with Gasteiger partial charge in [0.2, 0.25) is 11.8 Å². The third-order valence-electron chi connectivity index (χ3n) is 9.89. The van der Waals surface area contributed by atoms with Crippen LogP contribution in [0.3, 0.4) is 0 Å². The molecule has 0 amide bonds. The Hall–Kier alpha value is -8.00. The molecule has 0 aliphatic carbocycles. The van der Waals surface area contributed by atoms with Crippen LogP contribution in [0.2, 0.25) is 0 Å². The molecule has 0 atom stereocenters. The first-order chi connectivity index (χ1) is 27.5. The van der Waals surface area contributed by atoms with Gasteiger partial charge < -0.3 is 13.7 Å². The van der Waals surface area contributed by atoms with E-state index in [1.807, 2.05) is 140 Å². The SMILES string of the molecule is [2H]c1cc(N(c2ccc(-c3nc4ccccc4o3)cc2)c2ccc(-c3nc4ccccc4o3)cc2)cc2ccc(-c3cccc4cc(C#N)c(C#N)cc34)cc12. The van der Waals surface area contributed by atoms with E-state index in [-0.39, 0.29) is 0 Å². The van der Waals surface area contributed by atoms with Crippen molar-refractivity contribution >= 4 is 60.8 Å². The minimum atomic E-state index is 0.336. The fraction of sp³-hybridized carbons (Fsp3) is 0. The molecule has 0 saturated heterocycles. The van der Waals surface area contributed by atoms with Crippen molar-refractivity contribution in [2.24, 2.45) is 0 Å². The van der Waals surface area contributed by atoms with Gasteiger partial charge in [-0.05, 0) is 136 Å². The predicted molar refractivity (Wildman–Crippen MR) is 217 cm³/mol. The summed E-state index contributed by atoms with van der Waals surface area (Å²) in [5, 5.41) is 22.7. The maximum atomic E-state index is 9.73. The zero-order valence-corrected chi connectivity index (χ0v) is 29.1. The molecule has 55 heavy (non-hydrogen) atoms. The molecule has 0 spiro atoms. The summed E-state index contributed by atoms with van der Waals surface area (Å²) in [7, 11) is 0. The molecule has 10 rings (SSSR count). The lowest BCUT2D eigenvalue weighted by molar-refractivity contribution is 0.619. The van der Waals surface area contributed by atoms with Crippen molar-refractivity contribution < 1.29 is 10.2 Å². The molecule has 0 aliphatic rings. The fourth-order valence-corrected chi connectivity index (χ4v) is 7.16. The Morgan fingerprint density at radius 3 is 1.67 bits per heavy atom. The van der Waals surface area contributed by atoms with Gasteiger partial charge in [-0.15, -0.1) is 0 Å². The Kier molecular flexibility index (Phi) is 7.18. The molecule has 10 aromatic rings. The summed E-state index contributed by atoms with van der Waals surface area (Å²) in [5.74, 6) is 1.09. The number of hydrogen-bond acceptors (Lipinski definition) is 7. The van der Waals surface area contributed by atoms with Crippen LogP contribution in [0.25, 0.3) is 77.8 Å². The number of anilines is 3. The van der Waals surface area contributed by atoms with E-state index in [2.05, 4.69) is 33.1 Å². The first kappa shape index (κ1) is 30.6. The van der Waals surface area contributed by atoms with E-state index in [0.29, 0.717) is 29.0 Å². The van der Waals surface area contributed by atoms with Gasteiger partial charge in [0.25, 0.3) is 0 Å². The molecule has 2 aromatic heterocycles. The van der Waals surface area contributed by atoms with E-state index in [4.69, 9.17) is 8.83 Å². The molecule has 0 fully saturated rings. The maximum Gasteiger partial charge on any atom is 0.227 e. The molecular weight excluding hydrogens is 679 g/mol. The van der Waals surface area contributed by atoms with Crippen LogP contribution in [0.15, 0.2) is 173 Å². The second-order valence-electron chi connectivity index (χ2n) is 13.2. The first-order valence-corrected chi connectivity index (χ1v) is 17.7. The van der Waals surface area contributed by atoms with Gasteiger partial charge in [0.1, 0.15) is 23.2 Å². The second kappa shape index (κ2) is 12.9. The van der Waals surface area contributed by atoms with E-state index in [1.165, 1.54) is 0 Å². The molecule has 0 N–H and O–H groups in total. The van der Waals surface area contributed by atoms with Crippen molar-refractivity contribution in [2.75, 3.05) is 4.90 Å². The van der Waals surface area contributed by atoms with Crippen LogP contribution in [0.4, 0.5) is 17.1 Å². The highest BCUT2D eigenvalue weighted by Gasteiger charge is 2.17. The number of benzene rings is 8. The van der Waals surface area contributed by atoms with Gasteiger partial charge in [-0.2, -0.15) is 10.5 Å². The van der Waals surface area contributed by atoms with Gasteiger partial charge >= 0.3 is 0 Å². The van der Waals surface area contributed by atoms with Gasteiger partial charge in [0.05, 0.1) is 12.5 Å². The maximum absolute atomic E-state index is 9.73. The zero-order valence-electron chi connectivity index (χ0n) is 30.1. The summed E-state index contributed by atoms with van der Waals surface area (Å²) in [6.45, 7) is 0. The van der Waals surface area contributed by atoms with Crippen molar-refractivity contribution in [3.05, 3.63) is 175 Å². The molecule has 7 heteroatoms. The Morgan fingerprint density at radius 2 is 1.07 bits per heavy atom. The van der Waals surface area contributed by atoms with Crippen LogP contribution in [0, 0.1) is 22.7 Å². The van der Waals surface area contributed by atoms with Gasteiger partial charge in [-0.3, -0.25) is 0 Å². The van der Waals surface area contributed by atoms with Gasteiger partial charge in [0.15, 0.2) is 11.2 Å². The van der Waals surface area contributed by atoms with E-state index in [1.54, 1.807) is 12.1 Å². The van der Waals surface area contributed by atoms with Crippen molar-refractivity contribution in [3.63, 3.8) is 0 Å². The Morgan fingerprint density at radius 1 is 0.491 bits per heavy atom. The molecular formula is C48H27N5O2. The number of rotatable bonds is 6. The Balaban J connectivity index is 1.07. The highest BCUT2D eigenvalue weighted by molar-refractivity contribution is 6.01. The third kappa shape index (κ3) is 5.61. The number of para-hydroxylation sites is 4. The molecule has 0 unspecified atom stereocenters. The zero-order chi connectivity index (χ0) is 37.8. The minimum Gasteiger partial charge on any atom is -0.436 e. The Labute approximate surface area is 316 Å². The quantitative estimate of drug-likeness (QED) is 0.169. The molecule has 256 valence electrons. The number of nitriles is 2.